The molecule has 6 nitrogen and oxygen atoms in total. The van der Waals surface area contributed by atoms with Crippen molar-refractivity contribution < 1.29 is 19.0 Å². The number of nitrogens with one attached hydrogen (secondary N) is 2. The van der Waals surface area contributed by atoms with Crippen LogP contribution in [0.25, 0.3) is 0 Å². The molecule has 0 saturated carbocycles. The molecule has 1 saturated heterocycles. The van der Waals surface area contributed by atoms with Gasteiger partial charge in [0.2, 0.25) is 0 Å². The van der Waals surface area contributed by atoms with E-state index >= 15 is 0 Å². The minimum absolute atomic E-state index is 0.184. The number of carbonyl (C=O) groups is 1. The summed E-state index contributed by atoms with van der Waals surface area (Å²) in [6.07, 6.45) is 3.33. The molecule has 0 spiro atoms. The smallest absolute Gasteiger partial charge is 0.318 e. The van der Waals surface area contributed by atoms with E-state index in [4.69, 9.17) is 14.2 Å². The summed E-state index contributed by atoms with van der Waals surface area (Å²) < 4.78 is 16.6. The molecule has 2 amide bonds. The number of para-hydroxylation sites is 2. The molecule has 1 aromatic rings. The molecule has 1 fully saturated rings. The van der Waals surface area contributed by atoms with Crippen LogP contribution >= 0.6 is 0 Å². The summed E-state index contributed by atoms with van der Waals surface area (Å²) in [5, 5.41) is 5.54. The average Bonchev–Trinajstić information content (AvgIpc) is 2.59. The summed E-state index contributed by atoms with van der Waals surface area (Å²) >= 11 is 0. The fraction of sp³-hybridized carbons (Fsp3) is 0.438. The summed E-state index contributed by atoms with van der Waals surface area (Å²) in [4.78, 5) is 11.8. The first-order valence-electron chi connectivity index (χ1n) is 7.50. The summed E-state index contributed by atoms with van der Waals surface area (Å²) in [5.41, 5.74) is 1.20. The zero-order valence-electron chi connectivity index (χ0n) is 12.3. The van der Waals surface area contributed by atoms with Crippen LogP contribution in [-0.4, -0.2) is 38.5 Å². The maximum Gasteiger partial charge on any atom is 0.318 e. The third-order valence-electron chi connectivity index (χ3n) is 3.60. The Morgan fingerprint density at radius 3 is 2.82 bits per heavy atom. The van der Waals surface area contributed by atoms with Gasteiger partial charge in [-0.25, -0.2) is 4.79 Å². The van der Waals surface area contributed by atoms with Crippen LogP contribution in [0.15, 0.2) is 36.0 Å². The Hall–Kier alpha value is -2.21. The maximum atomic E-state index is 11.8. The number of amides is 2. The van der Waals surface area contributed by atoms with Crippen LogP contribution in [0.1, 0.15) is 12.8 Å². The summed E-state index contributed by atoms with van der Waals surface area (Å²) in [6, 6.07) is 7.28. The molecule has 22 heavy (non-hydrogen) atoms. The van der Waals surface area contributed by atoms with E-state index in [1.165, 1.54) is 5.57 Å². The zero-order chi connectivity index (χ0) is 15.2. The van der Waals surface area contributed by atoms with Gasteiger partial charge in [-0.1, -0.05) is 12.1 Å². The molecule has 2 aliphatic heterocycles. The van der Waals surface area contributed by atoms with Crippen molar-refractivity contribution in [2.75, 3.05) is 26.4 Å². The number of hydrogen-bond donors (Lipinski definition) is 2. The van der Waals surface area contributed by atoms with Gasteiger partial charge in [0, 0.05) is 6.20 Å². The van der Waals surface area contributed by atoms with E-state index in [-0.39, 0.29) is 12.1 Å². The SMILES string of the molecule is O=C(NC=C1CCOCC1)NCC1COc2ccccc2O1. The number of fused-ring (bicyclic) bond motifs is 1. The summed E-state index contributed by atoms with van der Waals surface area (Å²) in [5.74, 6) is 1.46. The number of benzene rings is 1. The standard InChI is InChI=1S/C16H20N2O4/c19-16(17-9-12-5-7-20-8-6-12)18-10-13-11-21-14-3-1-2-4-15(14)22-13/h1-4,9,13H,5-8,10-11H2,(H2,17,18,19). The second kappa shape index (κ2) is 7.17. The highest BCUT2D eigenvalue weighted by Gasteiger charge is 2.20. The molecule has 1 aromatic carbocycles. The second-order valence-corrected chi connectivity index (χ2v) is 5.27. The Morgan fingerprint density at radius 2 is 2.00 bits per heavy atom. The van der Waals surface area contributed by atoms with Crippen molar-refractivity contribution in [2.24, 2.45) is 0 Å². The normalized spacial score (nSPS) is 20.2. The molecule has 1 atom stereocenters. The van der Waals surface area contributed by atoms with E-state index in [1.54, 1.807) is 6.20 Å². The Kier molecular flexibility index (Phi) is 4.80. The van der Waals surface area contributed by atoms with Crippen LogP contribution < -0.4 is 20.1 Å². The van der Waals surface area contributed by atoms with Crippen LogP contribution in [-0.2, 0) is 4.74 Å². The van der Waals surface area contributed by atoms with Gasteiger partial charge in [0.1, 0.15) is 6.61 Å². The van der Waals surface area contributed by atoms with E-state index < -0.39 is 0 Å². The molecule has 0 aromatic heterocycles. The van der Waals surface area contributed by atoms with E-state index in [0.717, 1.165) is 31.8 Å². The Labute approximate surface area is 129 Å². The molecular weight excluding hydrogens is 284 g/mol. The topological polar surface area (TPSA) is 68.8 Å². The minimum Gasteiger partial charge on any atom is -0.486 e. The first-order valence-corrected chi connectivity index (χ1v) is 7.50. The third kappa shape index (κ3) is 3.92. The number of urea groups is 1. The van der Waals surface area contributed by atoms with Crippen LogP contribution in [0, 0.1) is 0 Å². The van der Waals surface area contributed by atoms with Gasteiger partial charge in [-0.2, -0.15) is 0 Å². The van der Waals surface area contributed by atoms with Crippen molar-refractivity contribution >= 4 is 6.03 Å². The lowest BCUT2D eigenvalue weighted by Crippen LogP contribution is -2.43. The number of carbonyl (C=O) groups excluding carboxylic acids is 1. The van der Waals surface area contributed by atoms with Crippen LogP contribution in [0.2, 0.25) is 0 Å². The maximum absolute atomic E-state index is 11.8. The predicted molar refractivity (Wildman–Crippen MR) is 81.0 cm³/mol. The van der Waals surface area contributed by atoms with Crippen LogP contribution in [0.4, 0.5) is 4.79 Å². The molecule has 3 rings (SSSR count). The highest BCUT2D eigenvalue weighted by atomic mass is 16.6. The van der Waals surface area contributed by atoms with Crippen molar-refractivity contribution in [3.63, 3.8) is 0 Å². The van der Waals surface area contributed by atoms with E-state index in [0.29, 0.717) is 18.9 Å². The number of ether oxygens (including phenoxy) is 3. The predicted octanol–water partition coefficient (Wildman–Crippen LogP) is 1.82. The van der Waals surface area contributed by atoms with Crippen molar-refractivity contribution in [3.05, 3.63) is 36.0 Å². The van der Waals surface area contributed by atoms with Gasteiger partial charge >= 0.3 is 6.03 Å². The van der Waals surface area contributed by atoms with Gasteiger partial charge in [-0.3, -0.25) is 0 Å². The van der Waals surface area contributed by atoms with Gasteiger partial charge in [-0.15, -0.1) is 0 Å². The highest BCUT2D eigenvalue weighted by molar-refractivity contribution is 5.75. The fourth-order valence-corrected chi connectivity index (χ4v) is 2.37. The van der Waals surface area contributed by atoms with E-state index in [9.17, 15) is 4.79 Å². The van der Waals surface area contributed by atoms with Crippen molar-refractivity contribution in [1.29, 1.82) is 0 Å². The lowest BCUT2D eigenvalue weighted by atomic mass is 10.1. The van der Waals surface area contributed by atoms with E-state index in [2.05, 4.69) is 10.6 Å². The monoisotopic (exact) mass is 304 g/mol. The third-order valence-corrected chi connectivity index (χ3v) is 3.60. The van der Waals surface area contributed by atoms with Gasteiger partial charge in [0.15, 0.2) is 17.6 Å². The molecule has 1 unspecified atom stereocenters. The lowest BCUT2D eigenvalue weighted by molar-refractivity contribution is 0.0919. The molecule has 0 bridgehead atoms. The molecule has 2 N–H and O–H groups in total. The van der Waals surface area contributed by atoms with Gasteiger partial charge in [0.05, 0.1) is 19.8 Å². The molecule has 0 aliphatic carbocycles. The van der Waals surface area contributed by atoms with Crippen molar-refractivity contribution in [1.82, 2.24) is 10.6 Å². The molecular formula is C16H20N2O4. The second-order valence-electron chi connectivity index (χ2n) is 5.27. The molecule has 2 heterocycles. The average molecular weight is 304 g/mol. The molecule has 6 heteroatoms. The quantitative estimate of drug-likeness (QED) is 0.894. The highest BCUT2D eigenvalue weighted by Crippen LogP contribution is 2.30. The van der Waals surface area contributed by atoms with Gasteiger partial charge in [0.25, 0.3) is 0 Å². The van der Waals surface area contributed by atoms with Crippen molar-refractivity contribution in [2.45, 2.75) is 18.9 Å². The first-order chi connectivity index (χ1) is 10.8. The Bertz CT molecular complexity index is 551. The van der Waals surface area contributed by atoms with Crippen molar-refractivity contribution in [3.8, 4) is 11.5 Å². The largest absolute Gasteiger partial charge is 0.486 e. The lowest BCUT2D eigenvalue weighted by Gasteiger charge is -2.26. The summed E-state index contributed by atoms with van der Waals surface area (Å²) in [7, 11) is 0. The van der Waals surface area contributed by atoms with Gasteiger partial charge < -0.3 is 24.8 Å². The minimum atomic E-state index is -0.235. The number of rotatable bonds is 3. The van der Waals surface area contributed by atoms with E-state index in [1.807, 2.05) is 24.3 Å². The fourth-order valence-electron chi connectivity index (χ4n) is 2.37. The van der Waals surface area contributed by atoms with Gasteiger partial charge in [-0.05, 0) is 30.5 Å². The molecule has 0 radical (unpaired) electrons. The first kappa shape index (κ1) is 14.7. The number of hydrogen-bond acceptors (Lipinski definition) is 4. The van der Waals surface area contributed by atoms with Crippen LogP contribution in [0.5, 0.6) is 11.5 Å². The molecule has 2 aliphatic rings. The Morgan fingerprint density at radius 1 is 1.23 bits per heavy atom. The van der Waals surface area contributed by atoms with Crippen LogP contribution in [0.3, 0.4) is 0 Å². The summed E-state index contributed by atoms with van der Waals surface area (Å²) in [6.45, 7) is 2.27. The Balaban J connectivity index is 1.42. The molecule has 118 valence electrons. The zero-order valence-corrected chi connectivity index (χ0v) is 12.3.